The number of benzene rings is 2. The van der Waals surface area contributed by atoms with Crippen LogP contribution in [0.1, 0.15) is 45.2 Å². The Morgan fingerprint density at radius 2 is 1.53 bits per heavy atom. The highest BCUT2D eigenvalue weighted by atomic mass is 28.4. The number of nitrogens with one attached hydrogen (secondary N) is 1. The number of hydrogen-bond donors (Lipinski definition) is 1. The second kappa shape index (κ2) is 13.5. The van der Waals surface area contributed by atoms with Gasteiger partial charge in [0.05, 0.1) is 38.1 Å². The van der Waals surface area contributed by atoms with Crippen LogP contribution in [-0.2, 0) is 36.7 Å². The van der Waals surface area contributed by atoms with Gasteiger partial charge in [-0.15, -0.1) is 0 Å². The van der Waals surface area contributed by atoms with Crippen molar-refractivity contribution in [2.24, 2.45) is 5.92 Å². The summed E-state index contributed by atoms with van der Waals surface area (Å²) < 4.78 is 19.6. The third-order valence-electron chi connectivity index (χ3n) is 7.66. The third kappa shape index (κ3) is 8.21. The van der Waals surface area contributed by atoms with E-state index in [9.17, 15) is 9.59 Å². The number of amides is 1. The largest absolute Gasteiger partial charge is 0.413 e. The van der Waals surface area contributed by atoms with Crippen LogP contribution in [-0.4, -0.2) is 45.4 Å². The average Bonchev–Trinajstić information content (AvgIpc) is 2.89. The molecule has 2 aromatic rings. The highest BCUT2D eigenvalue weighted by molar-refractivity contribution is 6.74. The van der Waals surface area contributed by atoms with Crippen molar-refractivity contribution in [3.63, 3.8) is 0 Å². The topological polar surface area (TPSA) is 73.9 Å². The van der Waals surface area contributed by atoms with E-state index in [1.165, 1.54) is 6.92 Å². The molecule has 1 aliphatic carbocycles. The Morgan fingerprint density at radius 1 is 0.974 bits per heavy atom. The molecule has 0 saturated carbocycles. The van der Waals surface area contributed by atoms with E-state index in [1.54, 1.807) is 0 Å². The van der Waals surface area contributed by atoms with Crippen LogP contribution >= 0.6 is 0 Å². The van der Waals surface area contributed by atoms with Gasteiger partial charge in [0, 0.05) is 12.8 Å². The summed E-state index contributed by atoms with van der Waals surface area (Å²) in [6, 6.07) is 19.2. The molecule has 7 heteroatoms. The molecule has 0 unspecified atom stereocenters. The Hall–Kier alpha value is -2.58. The average molecular weight is 538 g/mol. The number of hydrogen-bond acceptors (Lipinski definition) is 5. The Bertz CT molecular complexity index is 1060. The summed E-state index contributed by atoms with van der Waals surface area (Å²) in [5.74, 6) is -0.680. The van der Waals surface area contributed by atoms with E-state index >= 15 is 0 Å². The highest BCUT2D eigenvalue weighted by Crippen LogP contribution is 2.39. The van der Waals surface area contributed by atoms with Crippen LogP contribution in [0.5, 0.6) is 0 Å². The van der Waals surface area contributed by atoms with Gasteiger partial charge in [-0.25, -0.2) is 0 Å². The third-order valence-corrected chi connectivity index (χ3v) is 12.1. The van der Waals surface area contributed by atoms with Gasteiger partial charge in [0.15, 0.2) is 8.32 Å². The standard InChI is InChI=1S/C31H43NO5Si/c1-23(34)32-27(19-33)29-26(22-37-38(5,6)31(2,3)4)17-18-28(35-20-24-13-9-7-10-14-24)30(29)36-21-25-15-11-8-12-16-25/h7-17,19,27-30H,18,20-22H2,1-6H3,(H,32,34)/t27-,28+,29+,30-/m0/s1. The van der Waals surface area contributed by atoms with Crippen molar-refractivity contribution in [1.82, 2.24) is 5.32 Å². The molecule has 0 bridgehead atoms. The smallest absolute Gasteiger partial charge is 0.217 e. The molecule has 0 radical (unpaired) electrons. The first-order valence-corrected chi connectivity index (χ1v) is 16.3. The summed E-state index contributed by atoms with van der Waals surface area (Å²) >= 11 is 0. The molecule has 38 heavy (non-hydrogen) atoms. The molecule has 1 amide bonds. The molecule has 1 aliphatic rings. The number of rotatable bonds is 12. The molecule has 0 fully saturated rings. The van der Waals surface area contributed by atoms with Gasteiger partial charge in [-0.2, -0.15) is 0 Å². The van der Waals surface area contributed by atoms with Crippen LogP contribution in [0.2, 0.25) is 18.1 Å². The van der Waals surface area contributed by atoms with Crippen molar-refractivity contribution in [3.8, 4) is 0 Å². The lowest BCUT2D eigenvalue weighted by Gasteiger charge is -2.42. The molecule has 0 saturated heterocycles. The Balaban J connectivity index is 1.93. The fourth-order valence-electron chi connectivity index (χ4n) is 4.41. The summed E-state index contributed by atoms with van der Waals surface area (Å²) in [4.78, 5) is 24.5. The Kier molecular flexibility index (Phi) is 10.6. The molecule has 6 nitrogen and oxygen atoms in total. The van der Waals surface area contributed by atoms with Gasteiger partial charge in [0.25, 0.3) is 0 Å². The van der Waals surface area contributed by atoms with Crippen molar-refractivity contribution in [1.29, 1.82) is 0 Å². The summed E-state index contributed by atoms with van der Waals surface area (Å²) in [6.07, 6.45) is 2.81. The normalized spacial score (nSPS) is 20.9. The van der Waals surface area contributed by atoms with Crippen molar-refractivity contribution in [2.45, 2.75) is 83.7 Å². The molecular weight excluding hydrogens is 494 g/mol. The van der Waals surface area contributed by atoms with E-state index in [-0.39, 0.29) is 17.0 Å². The predicted molar refractivity (Wildman–Crippen MR) is 153 cm³/mol. The quantitative estimate of drug-likeness (QED) is 0.210. The predicted octanol–water partition coefficient (Wildman–Crippen LogP) is 5.83. The van der Waals surface area contributed by atoms with Crippen molar-refractivity contribution in [2.75, 3.05) is 6.61 Å². The zero-order chi connectivity index (χ0) is 27.8. The van der Waals surface area contributed by atoms with E-state index in [4.69, 9.17) is 13.9 Å². The maximum Gasteiger partial charge on any atom is 0.217 e. The van der Waals surface area contributed by atoms with E-state index in [1.807, 2.05) is 60.7 Å². The SMILES string of the molecule is CC(=O)N[C@@H](C=O)[C@H]1C(CO[Si](C)(C)C(C)(C)C)=CC[C@@H](OCc2ccccc2)[C@@H]1OCc1ccccc1. The van der Waals surface area contributed by atoms with Gasteiger partial charge in [-0.3, -0.25) is 4.79 Å². The second-order valence-corrected chi connectivity index (χ2v) is 16.4. The van der Waals surface area contributed by atoms with Crippen molar-refractivity contribution < 1.29 is 23.5 Å². The van der Waals surface area contributed by atoms with E-state index in [2.05, 4.69) is 45.3 Å². The van der Waals surface area contributed by atoms with Gasteiger partial charge in [0.1, 0.15) is 6.29 Å². The molecule has 4 atom stereocenters. The minimum Gasteiger partial charge on any atom is -0.413 e. The van der Waals surface area contributed by atoms with Crippen molar-refractivity contribution >= 4 is 20.5 Å². The molecule has 0 heterocycles. The van der Waals surface area contributed by atoms with Gasteiger partial charge in [0.2, 0.25) is 5.91 Å². The van der Waals surface area contributed by atoms with Crippen molar-refractivity contribution in [3.05, 3.63) is 83.4 Å². The fraction of sp³-hybridized carbons (Fsp3) is 0.484. The minimum absolute atomic E-state index is 0.0456. The van der Waals surface area contributed by atoms with E-state index < -0.39 is 26.4 Å². The fourth-order valence-corrected chi connectivity index (χ4v) is 5.37. The first-order chi connectivity index (χ1) is 18.0. The lowest BCUT2D eigenvalue weighted by Crippen LogP contribution is -2.53. The molecule has 0 aliphatic heterocycles. The summed E-state index contributed by atoms with van der Waals surface area (Å²) in [6.45, 7) is 13.7. The number of carbonyl (C=O) groups excluding carboxylic acids is 2. The highest BCUT2D eigenvalue weighted by Gasteiger charge is 2.43. The Morgan fingerprint density at radius 3 is 2.03 bits per heavy atom. The van der Waals surface area contributed by atoms with E-state index in [0.717, 1.165) is 23.0 Å². The maximum absolute atomic E-state index is 12.4. The molecule has 3 rings (SSSR count). The molecule has 0 spiro atoms. The van der Waals surface area contributed by atoms with Gasteiger partial charge < -0.3 is 24.0 Å². The second-order valence-electron chi connectivity index (χ2n) is 11.5. The molecule has 1 N–H and O–H groups in total. The van der Waals surface area contributed by atoms with Gasteiger partial charge in [-0.1, -0.05) is 87.5 Å². The minimum atomic E-state index is -2.05. The Labute approximate surface area is 228 Å². The van der Waals surface area contributed by atoms with Crippen LogP contribution in [0.25, 0.3) is 0 Å². The van der Waals surface area contributed by atoms with E-state index in [0.29, 0.717) is 26.2 Å². The summed E-state index contributed by atoms with van der Waals surface area (Å²) in [5.41, 5.74) is 3.07. The molecule has 0 aromatic heterocycles. The van der Waals surface area contributed by atoms with Gasteiger partial charge >= 0.3 is 0 Å². The van der Waals surface area contributed by atoms with Crippen LogP contribution in [0.3, 0.4) is 0 Å². The molecule has 2 aromatic carbocycles. The van der Waals surface area contributed by atoms with Crippen LogP contribution in [0.15, 0.2) is 72.3 Å². The lowest BCUT2D eigenvalue weighted by molar-refractivity contribution is -0.131. The number of ether oxygens (including phenoxy) is 2. The number of carbonyl (C=O) groups is 2. The van der Waals surface area contributed by atoms with Gasteiger partial charge in [-0.05, 0) is 41.3 Å². The molecule has 206 valence electrons. The zero-order valence-corrected chi connectivity index (χ0v) is 24.6. The lowest BCUT2D eigenvalue weighted by atomic mass is 9.79. The van der Waals surface area contributed by atoms with Crippen LogP contribution < -0.4 is 5.32 Å². The number of aldehydes is 1. The van der Waals surface area contributed by atoms with Crippen LogP contribution in [0, 0.1) is 5.92 Å². The summed E-state index contributed by atoms with van der Waals surface area (Å²) in [7, 11) is -2.05. The molecular formula is C31H43NO5Si. The first kappa shape index (κ1) is 30.0. The monoisotopic (exact) mass is 537 g/mol. The maximum atomic E-state index is 12.4. The zero-order valence-electron chi connectivity index (χ0n) is 23.6. The van der Waals surface area contributed by atoms with Crippen LogP contribution in [0.4, 0.5) is 0 Å². The first-order valence-electron chi connectivity index (χ1n) is 13.4. The summed E-state index contributed by atoms with van der Waals surface area (Å²) in [5, 5.41) is 2.90.